The Hall–Kier alpha value is -1.02. The Morgan fingerprint density at radius 1 is 1.48 bits per heavy atom. The molecule has 1 atom stereocenters. The van der Waals surface area contributed by atoms with Crippen LogP contribution in [0.1, 0.15) is 12.8 Å². The number of nitrogens with one attached hydrogen (secondary N) is 1. The van der Waals surface area contributed by atoms with E-state index in [-0.39, 0.29) is 24.0 Å². The Morgan fingerprint density at radius 2 is 2.19 bits per heavy atom. The molecule has 6 heteroatoms. The van der Waals surface area contributed by atoms with Crippen LogP contribution >= 0.6 is 24.0 Å². The van der Waals surface area contributed by atoms with Gasteiger partial charge in [0.1, 0.15) is 5.75 Å². The summed E-state index contributed by atoms with van der Waals surface area (Å²) in [5, 5.41) is 3.10. The number of methoxy groups -OCH3 is 1. The molecule has 0 aromatic heterocycles. The lowest BCUT2D eigenvalue weighted by molar-refractivity contribution is 0.271. The summed E-state index contributed by atoms with van der Waals surface area (Å²) in [6.07, 6.45) is 2.61. The van der Waals surface area contributed by atoms with Gasteiger partial charge in [0.05, 0.1) is 13.7 Å². The average molecular weight is 404 g/mol. The zero-order chi connectivity index (χ0) is 14.5. The highest BCUT2D eigenvalue weighted by atomic mass is 127. The third-order valence-electron chi connectivity index (χ3n) is 3.62. The Balaban J connectivity index is 0.00000220. The zero-order valence-corrected chi connectivity index (χ0v) is 15.2. The molecule has 1 aliphatic carbocycles. The summed E-state index contributed by atoms with van der Waals surface area (Å²) in [7, 11) is 5.85. The lowest BCUT2D eigenvalue weighted by Gasteiger charge is -2.22. The molecule has 3 N–H and O–H groups in total. The minimum atomic E-state index is 0. The molecule has 0 aliphatic heterocycles. The minimum Gasteiger partial charge on any atom is -0.497 e. The van der Waals surface area contributed by atoms with Gasteiger partial charge in [-0.05, 0) is 45.0 Å². The molecule has 0 heterocycles. The molecule has 0 radical (unpaired) electrons. The van der Waals surface area contributed by atoms with Gasteiger partial charge in [-0.3, -0.25) is 4.99 Å². The number of likely N-dealkylation sites (N-methyl/N-ethyl adjacent to an activating group) is 1. The van der Waals surface area contributed by atoms with Crippen LogP contribution in [-0.2, 0) is 0 Å². The largest absolute Gasteiger partial charge is 0.497 e. The van der Waals surface area contributed by atoms with Crippen LogP contribution in [0.4, 0.5) is 5.69 Å². The normalized spacial score (nSPS) is 16.3. The summed E-state index contributed by atoms with van der Waals surface area (Å²) in [5.41, 5.74) is 6.83. The molecular formula is C15H25IN4O. The summed E-state index contributed by atoms with van der Waals surface area (Å²) < 4.78 is 5.18. The molecule has 5 nitrogen and oxygen atoms in total. The van der Waals surface area contributed by atoms with E-state index in [1.807, 2.05) is 24.3 Å². The van der Waals surface area contributed by atoms with E-state index >= 15 is 0 Å². The molecule has 1 unspecified atom stereocenters. The van der Waals surface area contributed by atoms with Gasteiger partial charge in [0.15, 0.2) is 5.96 Å². The van der Waals surface area contributed by atoms with E-state index in [2.05, 4.69) is 29.3 Å². The number of hydrogen-bond acceptors (Lipinski definition) is 3. The summed E-state index contributed by atoms with van der Waals surface area (Å²) in [5.74, 6) is 2.02. The topological polar surface area (TPSA) is 62.9 Å². The van der Waals surface area contributed by atoms with Crippen LogP contribution in [-0.4, -0.2) is 44.7 Å². The Bertz CT molecular complexity index is 472. The first kappa shape index (κ1) is 18.0. The summed E-state index contributed by atoms with van der Waals surface area (Å²) in [6, 6.07) is 8.14. The molecule has 0 bridgehead atoms. The molecule has 2 rings (SSSR count). The van der Waals surface area contributed by atoms with Crippen molar-refractivity contribution in [2.45, 2.75) is 18.9 Å². The summed E-state index contributed by atoms with van der Waals surface area (Å²) in [6.45, 7) is 0.737. The lowest BCUT2D eigenvalue weighted by atomic mass is 10.2. The van der Waals surface area contributed by atoms with Crippen LogP contribution < -0.4 is 15.8 Å². The monoisotopic (exact) mass is 404 g/mol. The molecule has 118 valence electrons. The number of benzene rings is 1. The lowest BCUT2D eigenvalue weighted by Crippen LogP contribution is -2.34. The molecule has 1 aromatic carbocycles. The maximum absolute atomic E-state index is 5.95. The number of guanidine groups is 1. The van der Waals surface area contributed by atoms with Crippen LogP contribution in [0.25, 0.3) is 0 Å². The predicted octanol–water partition coefficient (Wildman–Crippen LogP) is 2.38. The number of aliphatic imine (C=N–C) groups is 1. The van der Waals surface area contributed by atoms with Gasteiger partial charge in [0.25, 0.3) is 0 Å². The Morgan fingerprint density at radius 3 is 2.76 bits per heavy atom. The van der Waals surface area contributed by atoms with E-state index in [0.717, 1.165) is 23.9 Å². The molecule has 21 heavy (non-hydrogen) atoms. The van der Waals surface area contributed by atoms with Crippen LogP contribution in [0.15, 0.2) is 29.3 Å². The highest BCUT2D eigenvalue weighted by Gasteiger charge is 2.32. The van der Waals surface area contributed by atoms with Crippen molar-refractivity contribution < 1.29 is 4.74 Å². The third-order valence-corrected chi connectivity index (χ3v) is 3.62. The number of rotatable bonds is 6. The fourth-order valence-corrected chi connectivity index (χ4v) is 2.30. The van der Waals surface area contributed by atoms with Gasteiger partial charge < -0.3 is 20.7 Å². The standard InChI is InChI=1S/C15H24N4O.HI/c1-19(2)14(11-7-8-11)10-17-15(16)18-12-5-4-6-13(9-12)20-3;/h4-6,9,11,14H,7-8,10H2,1-3H3,(H3,16,17,18);1H. The highest BCUT2D eigenvalue weighted by molar-refractivity contribution is 14.0. The van der Waals surface area contributed by atoms with Gasteiger partial charge in [0, 0.05) is 17.8 Å². The second kappa shape index (κ2) is 8.43. The molecule has 1 saturated carbocycles. The van der Waals surface area contributed by atoms with E-state index in [9.17, 15) is 0 Å². The van der Waals surface area contributed by atoms with E-state index < -0.39 is 0 Å². The van der Waals surface area contributed by atoms with Gasteiger partial charge in [-0.15, -0.1) is 24.0 Å². The number of anilines is 1. The minimum absolute atomic E-state index is 0. The smallest absolute Gasteiger partial charge is 0.193 e. The number of nitrogens with zero attached hydrogens (tertiary/aromatic N) is 2. The van der Waals surface area contributed by atoms with Crippen molar-refractivity contribution in [2.24, 2.45) is 16.6 Å². The van der Waals surface area contributed by atoms with Gasteiger partial charge in [0.2, 0.25) is 0 Å². The first-order chi connectivity index (χ1) is 9.60. The van der Waals surface area contributed by atoms with E-state index in [4.69, 9.17) is 10.5 Å². The maximum Gasteiger partial charge on any atom is 0.193 e. The van der Waals surface area contributed by atoms with Crippen molar-refractivity contribution in [1.82, 2.24) is 4.90 Å². The first-order valence-electron chi connectivity index (χ1n) is 6.97. The predicted molar refractivity (Wildman–Crippen MR) is 98.7 cm³/mol. The SMILES string of the molecule is COc1cccc(NC(N)=NCC(C2CC2)N(C)C)c1.I. The van der Waals surface area contributed by atoms with Gasteiger partial charge >= 0.3 is 0 Å². The number of nitrogens with two attached hydrogens (primary N) is 1. The van der Waals surface area contributed by atoms with Crippen LogP contribution in [0.5, 0.6) is 5.75 Å². The van der Waals surface area contributed by atoms with Crippen molar-refractivity contribution in [3.05, 3.63) is 24.3 Å². The van der Waals surface area contributed by atoms with Crippen molar-refractivity contribution >= 4 is 35.6 Å². The Labute approximate surface area is 144 Å². The summed E-state index contributed by atoms with van der Waals surface area (Å²) >= 11 is 0. The molecule has 1 aromatic rings. The van der Waals surface area contributed by atoms with Crippen molar-refractivity contribution in [3.8, 4) is 5.75 Å². The fraction of sp³-hybridized carbons (Fsp3) is 0.533. The molecule has 1 aliphatic rings. The quantitative estimate of drug-likeness (QED) is 0.434. The van der Waals surface area contributed by atoms with Crippen LogP contribution in [0, 0.1) is 5.92 Å². The second-order valence-corrected chi connectivity index (χ2v) is 5.45. The fourth-order valence-electron chi connectivity index (χ4n) is 2.30. The van der Waals surface area contributed by atoms with Crippen molar-refractivity contribution in [1.29, 1.82) is 0 Å². The molecule has 0 amide bonds. The van der Waals surface area contributed by atoms with Gasteiger partial charge in [-0.2, -0.15) is 0 Å². The number of ether oxygens (including phenoxy) is 1. The van der Waals surface area contributed by atoms with E-state index in [1.165, 1.54) is 12.8 Å². The summed E-state index contributed by atoms with van der Waals surface area (Å²) in [4.78, 5) is 6.69. The Kier molecular flexibility index (Phi) is 7.24. The van der Waals surface area contributed by atoms with Gasteiger partial charge in [-0.25, -0.2) is 0 Å². The number of hydrogen-bond donors (Lipinski definition) is 2. The average Bonchev–Trinajstić information content (AvgIpc) is 3.23. The number of halogens is 1. The van der Waals surface area contributed by atoms with E-state index in [0.29, 0.717) is 12.0 Å². The second-order valence-electron chi connectivity index (χ2n) is 5.45. The third kappa shape index (κ3) is 5.70. The molecular weight excluding hydrogens is 379 g/mol. The molecule has 0 saturated heterocycles. The highest BCUT2D eigenvalue weighted by Crippen LogP contribution is 2.34. The van der Waals surface area contributed by atoms with E-state index in [1.54, 1.807) is 7.11 Å². The zero-order valence-electron chi connectivity index (χ0n) is 12.9. The van der Waals surface area contributed by atoms with Crippen molar-refractivity contribution in [3.63, 3.8) is 0 Å². The maximum atomic E-state index is 5.95. The van der Waals surface area contributed by atoms with Crippen LogP contribution in [0.3, 0.4) is 0 Å². The van der Waals surface area contributed by atoms with Gasteiger partial charge in [-0.1, -0.05) is 6.07 Å². The first-order valence-corrected chi connectivity index (χ1v) is 6.97. The van der Waals surface area contributed by atoms with Crippen molar-refractivity contribution in [2.75, 3.05) is 33.1 Å². The van der Waals surface area contributed by atoms with Crippen LogP contribution in [0.2, 0.25) is 0 Å². The molecule has 1 fully saturated rings. The molecule has 0 spiro atoms.